The molecule has 5 rings (SSSR count). The maximum Gasteiger partial charge on any atom is 0.305 e. The summed E-state index contributed by atoms with van der Waals surface area (Å²) in [4.78, 5) is 24.6. The van der Waals surface area contributed by atoms with Crippen LogP contribution in [0.5, 0.6) is 5.88 Å². The Morgan fingerprint density at radius 1 is 0.976 bits per heavy atom. The van der Waals surface area contributed by atoms with E-state index < -0.39 is 17.9 Å². The number of ether oxygens (including phenoxy) is 1. The summed E-state index contributed by atoms with van der Waals surface area (Å²) in [5, 5.41) is 31.1. The summed E-state index contributed by atoms with van der Waals surface area (Å²) in [5.41, 5.74) is 4.87. The number of nitrogens with zero attached hydrogens (tertiary/aromatic N) is 5. The summed E-state index contributed by atoms with van der Waals surface area (Å²) in [6.07, 6.45) is 0.183. The fraction of sp³-hybridized carbons (Fsp3) is 0.200. The van der Waals surface area contributed by atoms with Crippen LogP contribution in [-0.4, -0.2) is 60.0 Å². The number of aromatic nitrogens is 6. The Hall–Kier alpha value is -5.32. The van der Waals surface area contributed by atoms with Gasteiger partial charge < -0.3 is 15.2 Å². The molecule has 5 aromatic rings. The molecule has 41 heavy (non-hydrogen) atoms. The second kappa shape index (κ2) is 12.7. The van der Waals surface area contributed by atoms with E-state index in [1.165, 1.54) is 0 Å². The average Bonchev–Trinajstić information content (AvgIpc) is 3.65. The molecular formula is C30H29N7O4. The lowest BCUT2D eigenvalue weighted by molar-refractivity contribution is -0.137. The van der Waals surface area contributed by atoms with Crippen molar-refractivity contribution in [2.75, 3.05) is 6.61 Å². The Kier molecular flexibility index (Phi) is 8.43. The molecule has 0 aliphatic carbocycles. The second-order valence-corrected chi connectivity index (χ2v) is 9.39. The summed E-state index contributed by atoms with van der Waals surface area (Å²) in [7, 11) is 0. The highest BCUT2D eigenvalue weighted by Crippen LogP contribution is 2.30. The zero-order valence-corrected chi connectivity index (χ0v) is 22.4. The van der Waals surface area contributed by atoms with Crippen LogP contribution < -0.4 is 10.1 Å². The lowest BCUT2D eigenvalue weighted by Crippen LogP contribution is -2.38. The number of carboxylic acid groups (broad SMARTS) is 1. The number of aliphatic carboxylic acids is 1. The van der Waals surface area contributed by atoms with Crippen molar-refractivity contribution >= 4 is 11.9 Å². The Bertz CT molecular complexity index is 1600. The number of nitrogens with one attached hydrogen (secondary N) is 2. The fourth-order valence-corrected chi connectivity index (χ4v) is 4.60. The van der Waals surface area contributed by atoms with Crippen molar-refractivity contribution in [3.05, 3.63) is 102 Å². The third-order valence-electron chi connectivity index (χ3n) is 6.46. The minimum absolute atomic E-state index is 0.155. The largest absolute Gasteiger partial charge is 0.481 e. The molecule has 0 unspecified atom stereocenters. The minimum Gasteiger partial charge on any atom is -0.481 e. The lowest BCUT2D eigenvalue weighted by Gasteiger charge is -2.16. The Morgan fingerprint density at radius 3 is 2.39 bits per heavy atom. The molecule has 1 amide bonds. The maximum absolute atomic E-state index is 13.1. The number of carbonyl (C=O) groups excluding carboxylic acids is 1. The van der Waals surface area contributed by atoms with E-state index in [4.69, 9.17) is 4.74 Å². The Labute approximate surface area is 236 Å². The molecule has 11 nitrogen and oxygen atoms in total. The summed E-state index contributed by atoms with van der Waals surface area (Å²) >= 11 is 0. The number of tetrazole rings is 1. The van der Waals surface area contributed by atoms with Crippen molar-refractivity contribution in [2.45, 2.75) is 32.4 Å². The number of benzene rings is 3. The lowest BCUT2D eigenvalue weighted by atomic mass is 9.98. The average molecular weight is 552 g/mol. The Morgan fingerprint density at radius 2 is 1.71 bits per heavy atom. The molecule has 0 aliphatic rings. The van der Waals surface area contributed by atoms with E-state index in [0.29, 0.717) is 31.3 Å². The first-order valence-corrected chi connectivity index (χ1v) is 13.2. The molecule has 0 spiro atoms. The van der Waals surface area contributed by atoms with Crippen molar-refractivity contribution in [1.29, 1.82) is 0 Å². The monoisotopic (exact) mass is 551 g/mol. The molecule has 0 saturated carbocycles. The normalized spacial score (nSPS) is 11.6. The smallest absolute Gasteiger partial charge is 0.305 e. The molecule has 1 atom stereocenters. The molecule has 11 heteroatoms. The van der Waals surface area contributed by atoms with Crippen LogP contribution >= 0.6 is 0 Å². The predicted molar refractivity (Wildman–Crippen MR) is 151 cm³/mol. The highest BCUT2D eigenvalue weighted by atomic mass is 16.5. The van der Waals surface area contributed by atoms with Gasteiger partial charge in [-0.2, -0.15) is 10.3 Å². The molecule has 2 heterocycles. The standard InChI is InChI=1S/C30H29N7O4/c1-2-41-27-18-26(30(40)31-23(17-28(38)39)16-20-8-4-3-5-9-20)34-37(27)19-21-12-14-22(15-13-21)24-10-6-7-11-25(24)29-32-35-36-33-29/h3-15,18,23H,2,16-17,19H2,1H3,(H,31,40)(H,38,39)(H,32,33,35,36)/t23-/m1/s1. The molecule has 0 bridgehead atoms. The molecule has 208 valence electrons. The van der Waals surface area contributed by atoms with Crippen LogP contribution in [0.1, 0.15) is 35.0 Å². The third-order valence-corrected chi connectivity index (χ3v) is 6.46. The van der Waals surface area contributed by atoms with Gasteiger partial charge in [0.2, 0.25) is 11.7 Å². The first-order valence-electron chi connectivity index (χ1n) is 13.2. The zero-order valence-electron chi connectivity index (χ0n) is 22.4. The van der Waals surface area contributed by atoms with Gasteiger partial charge in [0, 0.05) is 17.7 Å². The van der Waals surface area contributed by atoms with Crippen LogP contribution in [0, 0.1) is 0 Å². The van der Waals surface area contributed by atoms with Crippen molar-refractivity contribution in [3.8, 4) is 28.4 Å². The molecule has 0 fully saturated rings. The molecule has 2 aromatic heterocycles. The van der Waals surface area contributed by atoms with Gasteiger partial charge in [0.1, 0.15) is 0 Å². The van der Waals surface area contributed by atoms with E-state index in [9.17, 15) is 14.7 Å². The van der Waals surface area contributed by atoms with Gasteiger partial charge in [-0.3, -0.25) is 9.59 Å². The number of carboxylic acids is 1. The first kappa shape index (κ1) is 27.3. The number of amides is 1. The first-order chi connectivity index (χ1) is 20.0. The van der Waals surface area contributed by atoms with Crippen molar-refractivity contribution in [2.24, 2.45) is 0 Å². The molecule has 0 radical (unpaired) electrons. The number of carbonyl (C=O) groups is 2. The van der Waals surface area contributed by atoms with E-state index in [1.54, 1.807) is 10.7 Å². The van der Waals surface area contributed by atoms with Gasteiger partial charge in [0.25, 0.3) is 5.91 Å². The van der Waals surface area contributed by atoms with E-state index in [1.807, 2.05) is 85.8 Å². The van der Waals surface area contributed by atoms with E-state index in [2.05, 4.69) is 31.0 Å². The predicted octanol–water partition coefficient (Wildman–Crippen LogP) is 3.99. The van der Waals surface area contributed by atoms with Gasteiger partial charge in [-0.25, -0.2) is 4.68 Å². The third kappa shape index (κ3) is 6.82. The van der Waals surface area contributed by atoms with Gasteiger partial charge in [0.15, 0.2) is 5.69 Å². The maximum atomic E-state index is 13.1. The highest BCUT2D eigenvalue weighted by Gasteiger charge is 2.21. The van der Waals surface area contributed by atoms with E-state index in [0.717, 1.165) is 27.8 Å². The molecule has 3 N–H and O–H groups in total. The summed E-state index contributed by atoms with van der Waals surface area (Å²) in [6, 6.07) is 26.3. The van der Waals surface area contributed by atoms with Crippen molar-refractivity contribution < 1.29 is 19.4 Å². The highest BCUT2D eigenvalue weighted by molar-refractivity contribution is 5.93. The number of H-pyrrole nitrogens is 1. The number of hydrogen-bond acceptors (Lipinski definition) is 7. The number of aromatic amines is 1. The van der Waals surface area contributed by atoms with Crippen molar-refractivity contribution in [3.63, 3.8) is 0 Å². The van der Waals surface area contributed by atoms with Gasteiger partial charge >= 0.3 is 5.97 Å². The number of hydrogen-bond donors (Lipinski definition) is 3. The van der Waals surface area contributed by atoms with E-state index in [-0.39, 0.29) is 12.1 Å². The van der Waals surface area contributed by atoms with Crippen LogP contribution in [0.2, 0.25) is 0 Å². The van der Waals surface area contributed by atoms with Crippen molar-refractivity contribution in [1.82, 2.24) is 35.7 Å². The summed E-state index contributed by atoms with van der Waals surface area (Å²) < 4.78 is 7.39. The van der Waals surface area contributed by atoms with Gasteiger partial charge in [-0.05, 0) is 40.8 Å². The van der Waals surface area contributed by atoms with Crippen LogP contribution in [-0.2, 0) is 17.8 Å². The molecule has 0 saturated heterocycles. The summed E-state index contributed by atoms with van der Waals surface area (Å²) in [5.74, 6) is -0.486. The molecule has 0 aliphatic heterocycles. The van der Waals surface area contributed by atoms with Gasteiger partial charge in [-0.15, -0.1) is 10.2 Å². The molecular weight excluding hydrogens is 522 g/mol. The fourth-order valence-electron chi connectivity index (χ4n) is 4.60. The molecule has 3 aromatic carbocycles. The quantitative estimate of drug-likeness (QED) is 0.211. The van der Waals surface area contributed by atoms with Gasteiger partial charge in [-0.1, -0.05) is 78.9 Å². The topological polar surface area (TPSA) is 148 Å². The SMILES string of the molecule is CCOc1cc(C(=O)N[C@@H](CC(=O)O)Cc2ccccc2)nn1Cc1ccc(-c2ccccc2-c2nn[nH]n2)cc1. The van der Waals surface area contributed by atoms with Crippen LogP contribution in [0.25, 0.3) is 22.5 Å². The van der Waals surface area contributed by atoms with Crippen LogP contribution in [0.15, 0.2) is 84.9 Å². The van der Waals surface area contributed by atoms with Crippen LogP contribution in [0.3, 0.4) is 0 Å². The summed E-state index contributed by atoms with van der Waals surface area (Å²) in [6.45, 7) is 2.63. The number of rotatable bonds is 12. The Balaban J connectivity index is 1.33. The second-order valence-electron chi connectivity index (χ2n) is 9.39. The van der Waals surface area contributed by atoms with E-state index >= 15 is 0 Å². The van der Waals surface area contributed by atoms with Gasteiger partial charge in [0.05, 0.1) is 19.6 Å². The van der Waals surface area contributed by atoms with Crippen LogP contribution in [0.4, 0.5) is 0 Å². The zero-order chi connectivity index (χ0) is 28.6. The minimum atomic E-state index is -0.991.